The number of hydrogen-bond acceptors (Lipinski definition) is 8. The van der Waals surface area contributed by atoms with E-state index >= 15 is 0 Å². The zero-order valence-corrected chi connectivity index (χ0v) is 18.6. The molecule has 178 valence electrons. The molecule has 3 amide bonds. The van der Waals surface area contributed by atoms with E-state index < -0.39 is 66.9 Å². The summed E-state index contributed by atoms with van der Waals surface area (Å²) in [7, 11) is 0. The summed E-state index contributed by atoms with van der Waals surface area (Å²) in [4.78, 5) is 59.5. The number of nitrogens with two attached hydrogens (primary N) is 1. The highest BCUT2D eigenvalue weighted by atomic mass is 32.2. The number of amides is 3. The molecule has 0 saturated heterocycles. The van der Waals surface area contributed by atoms with Crippen LogP contribution in [-0.2, 0) is 24.0 Å². The first-order chi connectivity index (χ1) is 14.5. The van der Waals surface area contributed by atoms with Crippen molar-refractivity contribution in [2.24, 2.45) is 11.7 Å². The molecular weight excluding hydrogens is 432 g/mol. The molecule has 0 aromatic carbocycles. The molecule has 0 aliphatic rings. The maximum absolute atomic E-state index is 12.4. The van der Waals surface area contributed by atoms with E-state index in [4.69, 9.17) is 10.8 Å². The van der Waals surface area contributed by atoms with Crippen molar-refractivity contribution in [1.82, 2.24) is 16.0 Å². The van der Waals surface area contributed by atoms with Crippen LogP contribution in [0.5, 0.6) is 0 Å². The Kier molecular flexibility index (Phi) is 13.5. The van der Waals surface area contributed by atoms with Gasteiger partial charge >= 0.3 is 11.9 Å². The fourth-order valence-electron chi connectivity index (χ4n) is 2.40. The van der Waals surface area contributed by atoms with Gasteiger partial charge in [0.05, 0.1) is 19.1 Å². The fourth-order valence-corrected chi connectivity index (χ4v) is 2.87. The maximum atomic E-state index is 12.4. The molecule has 31 heavy (non-hydrogen) atoms. The van der Waals surface area contributed by atoms with Crippen LogP contribution in [0.25, 0.3) is 0 Å². The highest BCUT2D eigenvalue weighted by Gasteiger charge is 2.31. The quantitative estimate of drug-likeness (QED) is 0.143. The highest BCUT2D eigenvalue weighted by Crippen LogP contribution is 2.06. The number of hydrogen-bond donors (Lipinski definition) is 7. The summed E-state index contributed by atoms with van der Waals surface area (Å²) in [6.45, 7) is 2.74. The normalized spacial score (nSPS) is 15.6. The minimum Gasteiger partial charge on any atom is -0.481 e. The predicted molar refractivity (Wildman–Crippen MR) is 113 cm³/mol. The lowest BCUT2D eigenvalue weighted by atomic mass is 9.99. The smallest absolute Gasteiger partial charge is 0.326 e. The Labute approximate surface area is 184 Å². The van der Waals surface area contributed by atoms with E-state index in [1.165, 1.54) is 11.8 Å². The summed E-state index contributed by atoms with van der Waals surface area (Å²) in [5.74, 6) is -5.19. The molecule has 0 bridgehead atoms. The van der Waals surface area contributed by atoms with Crippen LogP contribution in [0.2, 0.25) is 0 Å². The summed E-state index contributed by atoms with van der Waals surface area (Å²) >= 11 is 1.37. The summed E-state index contributed by atoms with van der Waals surface area (Å²) in [5, 5.41) is 34.3. The van der Waals surface area contributed by atoms with Crippen molar-refractivity contribution in [3.63, 3.8) is 0 Å². The summed E-state index contributed by atoms with van der Waals surface area (Å²) < 4.78 is 0. The Balaban J connectivity index is 5.27. The maximum Gasteiger partial charge on any atom is 0.326 e. The van der Waals surface area contributed by atoms with Crippen LogP contribution in [0.1, 0.15) is 33.1 Å². The van der Waals surface area contributed by atoms with Crippen molar-refractivity contribution < 1.29 is 39.3 Å². The van der Waals surface area contributed by atoms with Crippen molar-refractivity contribution in [3.8, 4) is 0 Å². The Morgan fingerprint density at radius 2 is 1.45 bits per heavy atom. The third-order valence-electron chi connectivity index (χ3n) is 4.61. The molecule has 0 rings (SSSR count). The van der Waals surface area contributed by atoms with Crippen LogP contribution < -0.4 is 21.7 Å². The second-order valence-corrected chi connectivity index (χ2v) is 7.98. The Hall–Kier alpha value is -2.38. The Bertz CT molecular complexity index is 648. The van der Waals surface area contributed by atoms with E-state index in [-0.39, 0.29) is 12.3 Å². The molecule has 0 spiro atoms. The van der Waals surface area contributed by atoms with Gasteiger partial charge in [-0.1, -0.05) is 20.3 Å². The van der Waals surface area contributed by atoms with Gasteiger partial charge in [-0.2, -0.15) is 11.8 Å². The first-order valence-electron chi connectivity index (χ1n) is 9.69. The number of carbonyl (C=O) groups excluding carboxylic acids is 3. The van der Waals surface area contributed by atoms with Gasteiger partial charge in [0.1, 0.15) is 18.1 Å². The molecule has 5 atom stereocenters. The van der Waals surface area contributed by atoms with Gasteiger partial charge in [-0.25, -0.2) is 4.79 Å². The van der Waals surface area contributed by atoms with Gasteiger partial charge in [0.25, 0.3) is 0 Å². The molecule has 8 N–H and O–H groups in total. The Morgan fingerprint density at radius 3 is 1.90 bits per heavy atom. The van der Waals surface area contributed by atoms with Gasteiger partial charge in [0, 0.05) is 0 Å². The highest BCUT2D eigenvalue weighted by molar-refractivity contribution is 7.98. The topological polar surface area (TPSA) is 208 Å². The standard InChI is InChI=1S/C18H32N4O8S/c1-4-9(2)14(19)17(28)22-12(8-23)16(27)21-11(7-13(24)25)15(26)20-10(18(29)30)5-6-31-3/h9-12,14,23H,4-8,19H2,1-3H3,(H,20,26)(H,21,27)(H,22,28)(H,24,25)(H,29,30). The monoisotopic (exact) mass is 464 g/mol. The first kappa shape index (κ1) is 28.6. The number of aliphatic hydroxyl groups excluding tert-OH is 1. The number of carbonyl (C=O) groups is 5. The van der Waals surface area contributed by atoms with Crippen LogP contribution in [0.4, 0.5) is 0 Å². The molecule has 0 aliphatic heterocycles. The van der Waals surface area contributed by atoms with Gasteiger partial charge in [-0.15, -0.1) is 0 Å². The number of rotatable bonds is 15. The van der Waals surface area contributed by atoms with Gasteiger partial charge in [0.2, 0.25) is 17.7 Å². The number of carboxylic acid groups (broad SMARTS) is 2. The van der Waals surface area contributed by atoms with Gasteiger partial charge in [0.15, 0.2) is 0 Å². The minimum absolute atomic E-state index is 0.0960. The molecular formula is C18H32N4O8S. The van der Waals surface area contributed by atoms with E-state index in [0.29, 0.717) is 12.2 Å². The lowest BCUT2D eigenvalue weighted by Crippen LogP contribution is -2.58. The molecule has 0 radical (unpaired) electrons. The van der Waals surface area contributed by atoms with Crippen LogP contribution in [0.3, 0.4) is 0 Å². The van der Waals surface area contributed by atoms with Gasteiger partial charge < -0.3 is 37.0 Å². The van der Waals surface area contributed by atoms with Crippen molar-refractivity contribution >= 4 is 41.4 Å². The lowest BCUT2D eigenvalue weighted by molar-refractivity contribution is -0.143. The van der Waals surface area contributed by atoms with E-state index in [1.54, 1.807) is 13.2 Å². The molecule has 0 aliphatic carbocycles. The van der Waals surface area contributed by atoms with Gasteiger partial charge in [-0.05, 0) is 24.3 Å². The molecule has 0 saturated carbocycles. The molecule has 12 nitrogen and oxygen atoms in total. The number of thioether (sulfide) groups is 1. The molecule has 5 unspecified atom stereocenters. The number of nitrogens with one attached hydrogen (secondary N) is 3. The number of carboxylic acids is 2. The predicted octanol–water partition coefficient (Wildman–Crippen LogP) is -1.88. The molecule has 13 heteroatoms. The zero-order valence-electron chi connectivity index (χ0n) is 17.8. The summed E-state index contributed by atoms with van der Waals surface area (Å²) in [6.07, 6.45) is 1.63. The van der Waals surface area contributed by atoms with E-state index in [2.05, 4.69) is 16.0 Å². The SMILES string of the molecule is CCC(C)C(N)C(=O)NC(CO)C(=O)NC(CC(=O)O)C(=O)NC(CCSC)C(=O)O. The molecule has 0 aromatic rings. The first-order valence-corrected chi connectivity index (χ1v) is 11.1. The van der Waals surface area contributed by atoms with E-state index in [1.807, 2.05) is 6.92 Å². The van der Waals surface area contributed by atoms with Crippen LogP contribution in [0, 0.1) is 5.92 Å². The van der Waals surface area contributed by atoms with E-state index in [9.17, 15) is 34.2 Å². The van der Waals surface area contributed by atoms with Crippen molar-refractivity contribution in [3.05, 3.63) is 0 Å². The largest absolute Gasteiger partial charge is 0.481 e. The van der Waals surface area contributed by atoms with Crippen molar-refractivity contribution in [1.29, 1.82) is 0 Å². The average Bonchev–Trinajstić information content (AvgIpc) is 2.71. The lowest BCUT2D eigenvalue weighted by Gasteiger charge is -2.24. The minimum atomic E-state index is -1.62. The van der Waals surface area contributed by atoms with Crippen molar-refractivity contribution in [2.45, 2.75) is 57.3 Å². The van der Waals surface area contributed by atoms with Crippen molar-refractivity contribution in [2.75, 3.05) is 18.6 Å². The molecule has 0 heterocycles. The third kappa shape index (κ3) is 10.5. The Morgan fingerprint density at radius 1 is 0.935 bits per heavy atom. The van der Waals surface area contributed by atoms with E-state index in [0.717, 1.165) is 0 Å². The summed E-state index contributed by atoms with van der Waals surface area (Å²) in [5.41, 5.74) is 5.79. The summed E-state index contributed by atoms with van der Waals surface area (Å²) in [6, 6.07) is -5.29. The number of aliphatic carboxylic acids is 2. The van der Waals surface area contributed by atoms with Crippen LogP contribution in [0.15, 0.2) is 0 Å². The second kappa shape index (κ2) is 14.6. The van der Waals surface area contributed by atoms with Crippen LogP contribution >= 0.6 is 11.8 Å². The van der Waals surface area contributed by atoms with Crippen LogP contribution in [-0.4, -0.2) is 87.8 Å². The third-order valence-corrected chi connectivity index (χ3v) is 5.26. The fraction of sp³-hybridized carbons (Fsp3) is 0.722. The average molecular weight is 465 g/mol. The zero-order chi connectivity index (χ0) is 24.1. The van der Waals surface area contributed by atoms with Gasteiger partial charge in [-0.3, -0.25) is 19.2 Å². The molecule has 0 fully saturated rings. The second-order valence-electron chi connectivity index (χ2n) is 6.99. The number of aliphatic hydroxyl groups is 1. The molecule has 0 aromatic heterocycles.